The topological polar surface area (TPSA) is 134 Å². The molecular weight excluding hydrogens is 393 g/mol. The summed E-state index contributed by atoms with van der Waals surface area (Å²) in [6, 6.07) is 12.5. The lowest BCUT2D eigenvalue weighted by Gasteiger charge is -2.05. The van der Waals surface area contributed by atoms with Crippen LogP contribution in [0, 0.1) is 5.82 Å². The Hall–Kier alpha value is -4.28. The molecule has 0 atom stereocenters. The number of aromatic nitrogens is 5. The third-order valence-corrected chi connectivity index (χ3v) is 4.17. The van der Waals surface area contributed by atoms with Gasteiger partial charge in [0.05, 0.1) is 7.11 Å². The van der Waals surface area contributed by atoms with E-state index in [-0.39, 0.29) is 23.9 Å². The lowest BCUT2D eigenvalue weighted by Crippen LogP contribution is -2.20. The van der Waals surface area contributed by atoms with E-state index in [1.165, 1.54) is 28.9 Å². The van der Waals surface area contributed by atoms with Crippen LogP contribution in [0.2, 0.25) is 0 Å². The number of nitrogens with one attached hydrogen (secondary N) is 1. The molecule has 152 valence electrons. The molecule has 0 radical (unpaired) electrons. The van der Waals surface area contributed by atoms with Crippen LogP contribution in [0.4, 0.5) is 15.9 Å². The predicted molar refractivity (Wildman–Crippen MR) is 105 cm³/mol. The van der Waals surface area contributed by atoms with Crippen LogP contribution in [-0.2, 0) is 11.3 Å². The monoisotopic (exact) mass is 409 g/mol. The molecule has 2 heterocycles. The molecular formula is C19H16FN7O3. The van der Waals surface area contributed by atoms with Crippen molar-refractivity contribution >= 4 is 17.4 Å². The normalized spacial score (nSPS) is 10.7. The molecule has 1 amide bonds. The number of amides is 1. The molecule has 0 bridgehead atoms. The highest BCUT2D eigenvalue weighted by Gasteiger charge is 2.20. The number of nitrogens with zero attached hydrogens (tertiary/aromatic N) is 5. The summed E-state index contributed by atoms with van der Waals surface area (Å²) in [5.74, 6) is 0.405. The highest BCUT2D eigenvalue weighted by Crippen LogP contribution is 2.25. The first-order valence-electron chi connectivity index (χ1n) is 8.76. The van der Waals surface area contributed by atoms with Crippen LogP contribution in [0.25, 0.3) is 23.0 Å². The number of rotatable bonds is 6. The molecule has 2 aromatic carbocycles. The fraction of sp³-hybridized carbons (Fsp3) is 0.105. The molecule has 0 spiro atoms. The van der Waals surface area contributed by atoms with Crippen molar-refractivity contribution < 1.29 is 18.4 Å². The summed E-state index contributed by atoms with van der Waals surface area (Å²) < 4.78 is 24.5. The summed E-state index contributed by atoms with van der Waals surface area (Å²) in [6.07, 6.45) is 0. The van der Waals surface area contributed by atoms with Gasteiger partial charge in [0, 0.05) is 11.3 Å². The number of benzene rings is 2. The number of carbonyl (C=O) groups excluding carboxylic acids is 1. The summed E-state index contributed by atoms with van der Waals surface area (Å²) >= 11 is 0. The number of halogens is 1. The molecule has 2 aromatic heterocycles. The highest BCUT2D eigenvalue weighted by atomic mass is 19.1. The van der Waals surface area contributed by atoms with E-state index in [1.54, 1.807) is 31.4 Å². The van der Waals surface area contributed by atoms with Gasteiger partial charge in [-0.05, 0) is 48.5 Å². The third-order valence-electron chi connectivity index (χ3n) is 4.17. The molecule has 0 aliphatic rings. The SMILES string of the molecule is COc1ccc(-c2noc(-c3nnn(CC(=O)Nc4ccc(F)cc4)c3N)n2)cc1. The Morgan fingerprint density at radius 3 is 2.63 bits per heavy atom. The Bertz CT molecular complexity index is 1170. The van der Waals surface area contributed by atoms with E-state index in [0.29, 0.717) is 17.3 Å². The maximum absolute atomic E-state index is 13.0. The molecule has 0 unspecified atom stereocenters. The number of nitrogens with two attached hydrogens (primary N) is 1. The van der Waals surface area contributed by atoms with Crippen molar-refractivity contribution in [2.45, 2.75) is 6.54 Å². The molecule has 4 rings (SSSR count). The van der Waals surface area contributed by atoms with Gasteiger partial charge in [-0.15, -0.1) is 5.10 Å². The fourth-order valence-corrected chi connectivity index (χ4v) is 2.64. The first-order valence-corrected chi connectivity index (χ1v) is 8.76. The van der Waals surface area contributed by atoms with E-state index < -0.39 is 11.7 Å². The number of carbonyl (C=O) groups is 1. The molecule has 3 N–H and O–H groups in total. The molecule has 0 fully saturated rings. The van der Waals surface area contributed by atoms with E-state index in [4.69, 9.17) is 15.0 Å². The molecule has 0 aliphatic carbocycles. The van der Waals surface area contributed by atoms with Gasteiger partial charge in [0.1, 0.15) is 18.1 Å². The quantitative estimate of drug-likeness (QED) is 0.496. The van der Waals surface area contributed by atoms with Crippen LogP contribution in [0.3, 0.4) is 0 Å². The average Bonchev–Trinajstić information content (AvgIpc) is 3.37. The molecule has 0 saturated heterocycles. The zero-order valence-corrected chi connectivity index (χ0v) is 15.7. The van der Waals surface area contributed by atoms with E-state index in [2.05, 4.69) is 25.8 Å². The minimum Gasteiger partial charge on any atom is -0.497 e. The fourth-order valence-electron chi connectivity index (χ4n) is 2.64. The van der Waals surface area contributed by atoms with Crippen LogP contribution in [0.5, 0.6) is 5.75 Å². The maximum Gasteiger partial charge on any atom is 0.282 e. The predicted octanol–water partition coefficient (Wildman–Crippen LogP) is 2.36. The molecule has 11 heteroatoms. The molecule has 10 nitrogen and oxygen atoms in total. The first kappa shape index (κ1) is 19.1. The average molecular weight is 409 g/mol. The van der Waals surface area contributed by atoms with Gasteiger partial charge in [-0.1, -0.05) is 10.4 Å². The standard InChI is InChI=1S/C19H16FN7O3/c1-29-14-8-2-11(3-9-14)18-23-19(30-25-18)16-17(21)27(26-24-16)10-15(28)22-13-6-4-12(20)5-7-13/h2-9H,10,21H2,1H3,(H,22,28). The highest BCUT2D eigenvalue weighted by molar-refractivity contribution is 5.90. The summed E-state index contributed by atoms with van der Waals surface area (Å²) in [5.41, 5.74) is 7.37. The Morgan fingerprint density at radius 2 is 1.93 bits per heavy atom. The summed E-state index contributed by atoms with van der Waals surface area (Å²) in [7, 11) is 1.58. The van der Waals surface area contributed by atoms with Crippen molar-refractivity contribution in [1.82, 2.24) is 25.1 Å². The molecule has 0 aliphatic heterocycles. The van der Waals surface area contributed by atoms with Gasteiger partial charge in [0.2, 0.25) is 11.7 Å². The summed E-state index contributed by atoms with van der Waals surface area (Å²) in [4.78, 5) is 16.5. The Kier molecular flexibility index (Phi) is 5.08. The summed E-state index contributed by atoms with van der Waals surface area (Å²) in [6.45, 7) is -0.199. The number of hydrogen-bond donors (Lipinski definition) is 2. The van der Waals surface area contributed by atoms with E-state index in [9.17, 15) is 9.18 Å². The second-order valence-corrected chi connectivity index (χ2v) is 6.19. The van der Waals surface area contributed by atoms with Crippen molar-refractivity contribution in [3.63, 3.8) is 0 Å². The second-order valence-electron chi connectivity index (χ2n) is 6.19. The van der Waals surface area contributed by atoms with E-state index >= 15 is 0 Å². The van der Waals surface area contributed by atoms with Crippen LogP contribution in [0.1, 0.15) is 0 Å². The number of nitrogen functional groups attached to an aromatic ring is 1. The minimum absolute atomic E-state index is 0.0727. The Morgan fingerprint density at radius 1 is 1.20 bits per heavy atom. The first-order chi connectivity index (χ1) is 14.5. The lowest BCUT2D eigenvalue weighted by molar-refractivity contribution is -0.116. The van der Waals surface area contributed by atoms with Crippen molar-refractivity contribution in [1.29, 1.82) is 0 Å². The van der Waals surface area contributed by atoms with Gasteiger partial charge in [-0.3, -0.25) is 4.79 Å². The van der Waals surface area contributed by atoms with E-state index in [1.807, 2.05) is 0 Å². The van der Waals surface area contributed by atoms with Gasteiger partial charge in [0.15, 0.2) is 11.5 Å². The van der Waals surface area contributed by atoms with Crippen molar-refractivity contribution in [2.24, 2.45) is 0 Å². The van der Waals surface area contributed by atoms with Gasteiger partial charge >= 0.3 is 0 Å². The van der Waals surface area contributed by atoms with Gasteiger partial charge in [-0.25, -0.2) is 9.07 Å². The smallest absolute Gasteiger partial charge is 0.282 e. The molecule has 30 heavy (non-hydrogen) atoms. The third kappa shape index (κ3) is 3.94. The minimum atomic E-state index is -0.408. The van der Waals surface area contributed by atoms with Crippen LogP contribution < -0.4 is 15.8 Å². The number of anilines is 2. The maximum atomic E-state index is 13.0. The number of hydrogen-bond acceptors (Lipinski definition) is 8. The van der Waals surface area contributed by atoms with Crippen LogP contribution >= 0.6 is 0 Å². The van der Waals surface area contributed by atoms with E-state index in [0.717, 1.165) is 5.56 Å². The van der Waals surface area contributed by atoms with Crippen LogP contribution in [0.15, 0.2) is 53.1 Å². The zero-order chi connectivity index (χ0) is 21.1. The van der Waals surface area contributed by atoms with Crippen molar-refractivity contribution in [2.75, 3.05) is 18.2 Å². The summed E-state index contributed by atoms with van der Waals surface area (Å²) in [5, 5.41) is 14.3. The Labute approximate surface area is 169 Å². The largest absolute Gasteiger partial charge is 0.497 e. The Balaban J connectivity index is 1.48. The van der Waals surface area contributed by atoms with Gasteiger partial charge in [0.25, 0.3) is 5.89 Å². The van der Waals surface area contributed by atoms with Gasteiger partial charge < -0.3 is 20.3 Å². The molecule has 0 saturated carbocycles. The van der Waals surface area contributed by atoms with Crippen LogP contribution in [-0.4, -0.2) is 38.2 Å². The number of ether oxygens (including phenoxy) is 1. The van der Waals surface area contributed by atoms with Crippen molar-refractivity contribution in [3.05, 3.63) is 54.3 Å². The molecule has 4 aromatic rings. The lowest BCUT2D eigenvalue weighted by atomic mass is 10.2. The van der Waals surface area contributed by atoms with Gasteiger partial charge in [-0.2, -0.15) is 4.98 Å². The number of methoxy groups -OCH3 is 1. The van der Waals surface area contributed by atoms with Crippen molar-refractivity contribution in [3.8, 4) is 28.7 Å². The second kappa shape index (κ2) is 7.99. The zero-order valence-electron chi connectivity index (χ0n) is 15.7.